The average molecular weight is 359 g/mol. The van der Waals surface area contributed by atoms with E-state index in [-0.39, 0.29) is 0 Å². The minimum absolute atomic E-state index is 0.368. The minimum atomic E-state index is 0.368. The summed E-state index contributed by atoms with van der Waals surface area (Å²) in [4.78, 5) is 0. The van der Waals surface area contributed by atoms with Crippen LogP contribution >= 0.6 is 27.5 Å². The van der Waals surface area contributed by atoms with Gasteiger partial charge in [0.05, 0.1) is 11.8 Å². The van der Waals surface area contributed by atoms with Gasteiger partial charge >= 0.3 is 0 Å². The Balaban J connectivity index is 1.74. The maximum atomic E-state index is 6.24. The van der Waals surface area contributed by atoms with Crippen molar-refractivity contribution in [3.8, 4) is 0 Å². The second-order valence-corrected chi connectivity index (χ2v) is 7.31. The lowest BCUT2D eigenvalue weighted by molar-refractivity contribution is -0.157. The number of benzene rings is 1. The van der Waals surface area contributed by atoms with E-state index in [9.17, 15) is 0 Å². The van der Waals surface area contributed by atoms with Crippen LogP contribution in [0.1, 0.15) is 38.2 Å². The lowest BCUT2D eigenvalue weighted by Gasteiger charge is -2.61. The van der Waals surface area contributed by atoms with Gasteiger partial charge in [-0.1, -0.05) is 18.0 Å². The molecular weight excluding hydrogens is 338 g/mol. The van der Waals surface area contributed by atoms with Gasteiger partial charge in [-0.3, -0.25) is 0 Å². The summed E-state index contributed by atoms with van der Waals surface area (Å²) < 4.78 is 6.99. The first-order valence-electron chi connectivity index (χ1n) is 7.40. The standard InChI is InChI=1S/C16H21BrClNO/c1-3-20-15-9-14(16(15)5-4-6-16)19-13-8-12(18)10(2)7-11(13)17/h7-8,14-15,19H,3-6,9H2,1-2H3. The van der Waals surface area contributed by atoms with E-state index < -0.39 is 0 Å². The fourth-order valence-corrected chi connectivity index (χ4v) is 4.32. The van der Waals surface area contributed by atoms with Crippen LogP contribution in [0.3, 0.4) is 0 Å². The van der Waals surface area contributed by atoms with Crippen LogP contribution in [0.2, 0.25) is 5.02 Å². The Kier molecular flexibility index (Phi) is 4.04. The lowest BCUT2D eigenvalue weighted by Crippen LogP contribution is -2.64. The van der Waals surface area contributed by atoms with Crippen LogP contribution in [-0.2, 0) is 4.74 Å². The third kappa shape index (κ3) is 2.28. The molecule has 2 aliphatic rings. The van der Waals surface area contributed by atoms with Crippen LogP contribution in [0.5, 0.6) is 0 Å². The van der Waals surface area contributed by atoms with Gasteiger partial charge in [-0.25, -0.2) is 0 Å². The maximum absolute atomic E-state index is 6.24. The van der Waals surface area contributed by atoms with Crippen LogP contribution in [0.25, 0.3) is 0 Å². The Morgan fingerprint density at radius 1 is 1.45 bits per heavy atom. The third-order valence-corrected chi connectivity index (χ3v) is 6.08. The van der Waals surface area contributed by atoms with Crippen molar-refractivity contribution in [3.63, 3.8) is 0 Å². The molecule has 110 valence electrons. The maximum Gasteiger partial charge on any atom is 0.0670 e. The Morgan fingerprint density at radius 3 is 2.80 bits per heavy atom. The number of halogens is 2. The van der Waals surface area contributed by atoms with E-state index >= 15 is 0 Å². The third-order valence-electron chi connectivity index (χ3n) is 5.02. The summed E-state index contributed by atoms with van der Waals surface area (Å²) in [5, 5.41) is 4.50. The van der Waals surface area contributed by atoms with Gasteiger partial charge in [0, 0.05) is 27.6 Å². The molecule has 2 aliphatic carbocycles. The molecule has 0 aromatic heterocycles. The van der Waals surface area contributed by atoms with Crippen LogP contribution in [0.4, 0.5) is 5.69 Å². The molecule has 4 heteroatoms. The highest BCUT2D eigenvalue weighted by Gasteiger charge is 2.58. The fourth-order valence-electron chi connectivity index (χ4n) is 3.59. The van der Waals surface area contributed by atoms with Crippen LogP contribution in [-0.4, -0.2) is 18.8 Å². The number of ether oxygens (including phenoxy) is 1. The number of anilines is 1. The molecule has 2 fully saturated rings. The highest BCUT2D eigenvalue weighted by molar-refractivity contribution is 9.10. The zero-order valence-corrected chi connectivity index (χ0v) is 14.4. The molecule has 2 saturated carbocycles. The molecule has 0 amide bonds. The molecule has 2 unspecified atom stereocenters. The molecule has 2 nitrogen and oxygen atoms in total. The van der Waals surface area contributed by atoms with Crippen molar-refractivity contribution in [3.05, 3.63) is 27.2 Å². The van der Waals surface area contributed by atoms with E-state index in [1.165, 1.54) is 19.3 Å². The summed E-state index contributed by atoms with van der Waals surface area (Å²) in [7, 11) is 0. The largest absolute Gasteiger partial charge is 0.381 e. The monoisotopic (exact) mass is 357 g/mol. The molecule has 0 bridgehead atoms. The Hall–Kier alpha value is -0.250. The first kappa shape index (κ1) is 14.7. The number of rotatable bonds is 4. The van der Waals surface area contributed by atoms with Gasteiger partial charge in [0.1, 0.15) is 0 Å². The van der Waals surface area contributed by atoms with Crippen LogP contribution < -0.4 is 5.32 Å². The smallest absolute Gasteiger partial charge is 0.0670 e. The van der Waals surface area contributed by atoms with Crippen molar-refractivity contribution in [1.82, 2.24) is 0 Å². The highest BCUT2D eigenvalue weighted by Crippen LogP contribution is 2.58. The number of hydrogen-bond donors (Lipinski definition) is 1. The Morgan fingerprint density at radius 2 is 2.20 bits per heavy atom. The summed E-state index contributed by atoms with van der Waals surface area (Å²) >= 11 is 9.88. The average Bonchev–Trinajstić information content (AvgIpc) is 2.32. The van der Waals surface area contributed by atoms with Crippen molar-refractivity contribution in [2.45, 2.75) is 51.7 Å². The molecule has 1 N–H and O–H groups in total. The zero-order chi connectivity index (χ0) is 14.3. The molecule has 1 spiro atoms. The predicted molar refractivity (Wildman–Crippen MR) is 87.6 cm³/mol. The highest BCUT2D eigenvalue weighted by atomic mass is 79.9. The SMILES string of the molecule is CCOC1CC(Nc2cc(Cl)c(C)cc2Br)C12CCC2. The van der Waals surface area contributed by atoms with Gasteiger partial charge in [-0.15, -0.1) is 0 Å². The molecule has 2 atom stereocenters. The summed E-state index contributed by atoms with van der Waals surface area (Å²) in [5.74, 6) is 0. The molecule has 0 radical (unpaired) electrons. The quantitative estimate of drug-likeness (QED) is 0.801. The van der Waals surface area contributed by atoms with Crippen molar-refractivity contribution >= 4 is 33.2 Å². The van der Waals surface area contributed by atoms with Crippen molar-refractivity contribution < 1.29 is 4.74 Å². The van der Waals surface area contributed by atoms with Gasteiger partial charge < -0.3 is 10.1 Å². The second kappa shape index (κ2) is 5.51. The van der Waals surface area contributed by atoms with E-state index in [0.29, 0.717) is 17.6 Å². The number of nitrogens with one attached hydrogen (secondary N) is 1. The van der Waals surface area contributed by atoms with Crippen molar-refractivity contribution in [2.24, 2.45) is 5.41 Å². The lowest BCUT2D eigenvalue weighted by atomic mass is 9.51. The molecule has 20 heavy (non-hydrogen) atoms. The second-order valence-electron chi connectivity index (χ2n) is 6.04. The normalized spacial score (nSPS) is 27.0. The molecule has 1 aromatic carbocycles. The van der Waals surface area contributed by atoms with Gasteiger partial charge in [-0.05, 0) is 66.7 Å². The summed E-state index contributed by atoms with van der Waals surface area (Å²) in [5.41, 5.74) is 2.57. The van der Waals surface area contributed by atoms with Crippen LogP contribution in [0.15, 0.2) is 16.6 Å². The van der Waals surface area contributed by atoms with Gasteiger partial charge in [0.2, 0.25) is 0 Å². The predicted octanol–water partition coefficient (Wildman–Crippen LogP) is 5.17. The Labute approximate surface area is 134 Å². The van der Waals surface area contributed by atoms with Gasteiger partial charge in [0.25, 0.3) is 0 Å². The molecular formula is C16H21BrClNO. The van der Waals surface area contributed by atoms with E-state index in [1.807, 2.05) is 13.0 Å². The molecule has 3 rings (SSSR count). The summed E-state index contributed by atoms with van der Waals surface area (Å²) in [6.45, 7) is 4.93. The Bertz CT molecular complexity index is 515. The number of aryl methyl sites for hydroxylation is 1. The first-order valence-corrected chi connectivity index (χ1v) is 8.57. The van der Waals surface area contributed by atoms with E-state index in [1.54, 1.807) is 0 Å². The fraction of sp³-hybridized carbons (Fsp3) is 0.625. The molecule has 0 heterocycles. The van der Waals surface area contributed by atoms with Crippen LogP contribution in [0, 0.1) is 12.3 Å². The van der Waals surface area contributed by atoms with E-state index in [0.717, 1.165) is 33.8 Å². The summed E-state index contributed by atoms with van der Waals surface area (Å²) in [6.07, 6.45) is 5.45. The van der Waals surface area contributed by atoms with Gasteiger partial charge in [0.15, 0.2) is 0 Å². The van der Waals surface area contributed by atoms with E-state index in [2.05, 4.69) is 34.2 Å². The van der Waals surface area contributed by atoms with Gasteiger partial charge in [-0.2, -0.15) is 0 Å². The topological polar surface area (TPSA) is 21.3 Å². The zero-order valence-electron chi connectivity index (χ0n) is 12.0. The van der Waals surface area contributed by atoms with Crippen molar-refractivity contribution in [2.75, 3.05) is 11.9 Å². The molecule has 0 saturated heterocycles. The molecule has 1 aromatic rings. The summed E-state index contributed by atoms with van der Waals surface area (Å²) in [6, 6.07) is 4.63. The first-order chi connectivity index (χ1) is 9.56. The minimum Gasteiger partial charge on any atom is -0.381 e. The van der Waals surface area contributed by atoms with E-state index in [4.69, 9.17) is 16.3 Å². The van der Waals surface area contributed by atoms with Crippen molar-refractivity contribution in [1.29, 1.82) is 0 Å². The number of hydrogen-bond acceptors (Lipinski definition) is 2. The molecule has 0 aliphatic heterocycles.